The third kappa shape index (κ3) is 5.10. The van der Waals surface area contributed by atoms with E-state index in [2.05, 4.69) is 70.3 Å². The number of carbonyl (C=O) groups is 1. The van der Waals surface area contributed by atoms with Crippen LogP contribution in [0.4, 0.5) is 0 Å². The van der Waals surface area contributed by atoms with Crippen LogP contribution in [-0.4, -0.2) is 37.5 Å². The van der Waals surface area contributed by atoms with Crippen LogP contribution in [0.25, 0.3) is 22.1 Å². The number of carbonyl (C=O) groups excluding carboxylic acids is 1. The molecule has 0 radical (unpaired) electrons. The van der Waals surface area contributed by atoms with E-state index >= 15 is 0 Å². The van der Waals surface area contributed by atoms with E-state index in [1.807, 2.05) is 19.1 Å². The van der Waals surface area contributed by atoms with Crippen molar-refractivity contribution in [1.82, 2.24) is 25.1 Å². The number of nitrogens with zero attached hydrogens (tertiary/aromatic N) is 4. The SMILES string of the molecule is CCC(C)NC(=O)CCCSc1nnc2c3ccccc3n(Cc3cccc(C)c3)c2n1. The number of thioether (sulfide) groups is 1. The van der Waals surface area contributed by atoms with Crippen LogP contribution in [0, 0.1) is 6.92 Å². The van der Waals surface area contributed by atoms with E-state index in [-0.39, 0.29) is 11.9 Å². The van der Waals surface area contributed by atoms with Gasteiger partial charge in [0.15, 0.2) is 5.65 Å². The first kappa shape index (κ1) is 22.3. The molecular weight excluding hydrogens is 418 g/mol. The third-order valence-corrected chi connectivity index (χ3v) is 6.50. The molecule has 0 saturated carbocycles. The van der Waals surface area contributed by atoms with E-state index < -0.39 is 0 Å². The van der Waals surface area contributed by atoms with Crippen LogP contribution < -0.4 is 5.32 Å². The maximum atomic E-state index is 12.0. The first-order chi connectivity index (χ1) is 15.5. The molecule has 0 aliphatic carbocycles. The zero-order valence-electron chi connectivity index (χ0n) is 18.8. The summed E-state index contributed by atoms with van der Waals surface area (Å²) in [5.41, 5.74) is 5.25. The molecule has 0 spiro atoms. The van der Waals surface area contributed by atoms with Crippen molar-refractivity contribution in [1.29, 1.82) is 0 Å². The quantitative estimate of drug-likeness (QED) is 0.285. The van der Waals surface area contributed by atoms with Crippen LogP contribution in [0.1, 0.15) is 44.2 Å². The minimum absolute atomic E-state index is 0.104. The van der Waals surface area contributed by atoms with Crippen LogP contribution in [0.5, 0.6) is 0 Å². The van der Waals surface area contributed by atoms with Gasteiger partial charge in [-0.15, -0.1) is 10.2 Å². The number of aromatic nitrogens is 4. The van der Waals surface area contributed by atoms with Crippen molar-refractivity contribution >= 4 is 39.7 Å². The van der Waals surface area contributed by atoms with Gasteiger partial charge in [-0.1, -0.05) is 66.7 Å². The van der Waals surface area contributed by atoms with E-state index in [0.29, 0.717) is 11.6 Å². The lowest BCUT2D eigenvalue weighted by molar-refractivity contribution is -0.121. The molecule has 4 rings (SSSR count). The van der Waals surface area contributed by atoms with Gasteiger partial charge in [0.2, 0.25) is 11.1 Å². The molecule has 6 nitrogen and oxygen atoms in total. The minimum atomic E-state index is 0.104. The maximum Gasteiger partial charge on any atom is 0.220 e. The highest BCUT2D eigenvalue weighted by Crippen LogP contribution is 2.28. The molecule has 0 aliphatic heterocycles. The summed E-state index contributed by atoms with van der Waals surface area (Å²) in [6, 6.07) is 17.0. The van der Waals surface area contributed by atoms with Crippen LogP contribution in [0.15, 0.2) is 53.7 Å². The summed E-state index contributed by atoms with van der Waals surface area (Å²) in [4.78, 5) is 16.8. The molecule has 4 aromatic rings. The lowest BCUT2D eigenvalue weighted by atomic mass is 10.1. The number of para-hydroxylation sites is 1. The van der Waals surface area contributed by atoms with E-state index in [1.54, 1.807) is 11.8 Å². The Labute approximate surface area is 192 Å². The average Bonchev–Trinajstić information content (AvgIpc) is 3.10. The summed E-state index contributed by atoms with van der Waals surface area (Å²) in [5.74, 6) is 0.881. The third-order valence-electron chi connectivity index (χ3n) is 5.58. The predicted molar refractivity (Wildman–Crippen MR) is 131 cm³/mol. The van der Waals surface area contributed by atoms with E-state index in [9.17, 15) is 4.79 Å². The van der Waals surface area contributed by atoms with Gasteiger partial charge in [0.25, 0.3) is 0 Å². The maximum absolute atomic E-state index is 12.0. The molecule has 0 bridgehead atoms. The Morgan fingerprint density at radius 3 is 2.81 bits per heavy atom. The number of rotatable bonds is 9. The van der Waals surface area contributed by atoms with Gasteiger partial charge in [-0.05, 0) is 38.3 Å². The molecule has 0 aliphatic rings. The topological polar surface area (TPSA) is 72.7 Å². The van der Waals surface area contributed by atoms with Gasteiger partial charge in [0.1, 0.15) is 5.52 Å². The molecule has 0 saturated heterocycles. The second-order valence-corrected chi connectivity index (χ2v) is 9.25. The van der Waals surface area contributed by atoms with Gasteiger partial charge in [0.05, 0.1) is 5.52 Å². The lowest BCUT2D eigenvalue weighted by Crippen LogP contribution is -2.31. The number of fused-ring (bicyclic) bond motifs is 3. The zero-order valence-corrected chi connectivity index (χ0v) is 19.7. The number of hydrogen-bond acceptors (Lipinski definition) is 5. The summed E-state index contributed by atoms with van der Waals surface area (Å²) in [7, 11) is 0. The van der Waals surface area contributed by atoms with Gasteiger partial charge >= 0.3 is 0 Å². The van der Waals surface area contributed by atoms with E-state index in [1.165, 1.54) is 11.1 Å². The Kier molecular flexibility index (Phi) is 7.05. The van der Waals surface area contributed by atoms with Crippen molar-refractivity contribution in [2.24, 2.45) is 0 Å². The van der Waals surface area contributed by atoms with E-state index in [4.69, 9.17) is 4.98 Å². The summed E-state index contributed by atoms with van der Waals surface area (Å²) < 4.78 is 2.22. The molecule has 1 unspecified atom stereocenters. The van der Waals surface area contributed by atoms with Crippen LogP contribution in [-0.2, 0) is 11.3 Å². The Morgan fingerprint density at radius 1 is 1.16 bits per heavy atom. The smallest absolute Gasteiger partial charge is 0.220 e. The van der Waals surface area contributed by atoms with Gasteiger partial charge in [-0.3, -0.25) is 4.79 Å². The Morgan fingerprint density at radius 2 is 2.00 bits per heavy atom. The summed E-state index contributed by atoms with van der Waals surface area (Å²) in [6.45, 7) is 6.93. The first-order valence-electron chi connectivity index (χ1n) is 11.1. The molecular formula is C25H29N5OS. The molecule has 166 valence electrons. The molecule has 0 fully saturated rings. The molecule has 2 aromatic carbocycles. The number of nitrogens with one attached hydrogen (secondary N) is 1. The van der Waals surface area contributed by atoms with E-state index in [0.717, 1.165) is 47.2 Å². The van der Waals surface area contributed by atoms with Crippen molar-refractivity contribution < 1.29 is 4.79 Å². The monoisotopic (exact) mass is 447 g/mol. The van der Waals surface area contributed by atoms with Crippen LogP contribution >= 0.6 is 11.8 Å². The minimum Gasteiger partial charge on any atom is -0.354 e. The number of amides is 1. The van der Waals surface area contributed by atoms with Gasteiger partial charge in [-0.2, -0.15) is 0 Å². The summed E-state index contributed by atoms with van der Waals surface area (Å²) in [5, 5.41) is 13.6. The lowest BCUT2D eigenvalue weighted by Gasteiger charge is -2.10. The van der Waals surface area contributed by atoms with Crippen molar-refractivity contribution in [3.05, 3.63) is 59.7 Å². The molecule has 1 atom stereocenters. The fraction of sp³-hybridized carbons (Fsp3) is 0.360. The largest absolute Gasteiger partial charge is 0.354 e. The molecule has 1 N–H and O–H groups in total. The van der Waals surface area contributed by atoms with Crippen molar-refractivity contribution in [3.63, 3.8) is 0 Å². The summed E-state index contributed by atoms with van der Waals surface area (Å²) in [6.07, 6.45) is 2.23. The highest BCUT2D eigenvalue weighted by Gasteiger charge is 2.15. The Balaban J connectivity index is 1.53. The highest BCUT2D eigenvalue weighted by atomic mass is 32.2. The van der Waals surface area contributed by atoms with Crippen molar-refractivity contribution in [3.8, 4) is 0 Å². The second-order valence-electron chi connectivity index (χ2n) is 8.19. The molecule has 1 amide bonds. The average molecular weight is 448 g/mol. The van der Waals surface area contributed by atoms with Crippen LogP contribution in [0.3, 0.4) is 0 Å². The molecule has 32 heavy (non-hydrogen) atoms. The van der Waals surface area contributed by atoms with Gasteiger partial charge in [-0.25, -0.2) is 4.98 Å². The van der Waals surface area contributed by atoms with Crippen molar-refractivity contribution in [2.45, 2.75) is 57.8 Å². The normalized spacial score (nSPS) is 12.3. The fourth-order valence-corrected chi connectivity index (χ4v) is 4.47. The number of aryl methyl sites for hydroxylation is 1. The Hall–Kier alpha value is -2.93. The van der Waals surface area contributed by atoms with Gasteiger partial charge < -0.3 is 9.88 Å². The molecule has 7 heteroatoms. The first-order valence-corrected chi connectivity index (χ1v) is 12.1. The van der Waals surface area contributed by atoms with Crippen molar-refractivity contribution in [2.75, 3.05) is 5.75 Å². The predicted octanol–water partition coefficient (Wildman–Crippen LogP) is 5.12. The van der Waals surface area contributed by atoms with Crippen LogP contribution in [0.2, 0.25) is 0 Å². The molecule has 2 aromatic heterocycles. The highest BCUT2D eigenvalue weighted by molar-refractivity contribution is 7.99. The summed E-state index contributed by atoms with van der Waals surface area (Å²) >= 11 is 1.55. The zero-order chi connectivity index (χ0) is 22.5. The number of benzene rings is 2. The number of hydrogen-bond donors (Lipinski definition) is 1. The fourth-order valence-electron chi connectivity index (χ4n) is 3.75. The molecule has 2 heterocycles. The standard InChI is InChI=1S/C25H29N5OS/c1-4-18(3)26-22(31)13-8-14-32-25-27-24-23(28-29-25)20-11-5-6-12-21(20)30(24)16-19-10-7-9-17(2)15-19/h5-7,9-12,15,18H,4,8,13-14,16H2,1-3H3,(H,26,31). The Bertz CT molecular complexity index is 1240. The van der Waals surface area contributed by atoms with Gasteiger partial charge in [0, 0.05) is 30.1 Å². The second kappa shape index (κ2) is 10.1.